The molecular weight excluding hydrogens is 431 g/mol. The number of nitrogens with zero attached hydrogens (tertiary/aromatic N) is 3. The van der Waals surface area contributed by atoms with Gasteiger partial charge in [0.2, 0.25) is 5.01 Å². The summed E-state index contributed by atoms with van der Waals surface area (Å²) in [6.07, 6.45) is 1.53. The number of rotatable bonds is 6. The summed E-state index contributed by atoms with van der Waals surface area (Å²) in [5, 5.41) is 22.2. The maximum Gasteiger partial charge on any atom is 0.286 e. The first-order valence-electron chi connectivity index (χ1n) is 8.81. The van der Waals surface area contributed by atoms with Crippen molar-refractivity contribution >= 4 is 51.3 Å². The maximum atomic E-state index is 13.0. The van der Waals surface area contributed by atoms with Crippen molar-refractivity contribution in [2.45, 2.75) is 19.8 Å². The van der Waals surface area contributed by atoms with Crippen molar-refractivity contribution in [3.05, 3.63) is 79.5 Å². The van der Waals surface area contributed by atoms with Crippen molar-refractivity contribution in [1.82, 2.24) is 10.2 Å². The molecule has 0 atom stereocenters. The monoisotopic (exact) mass is 446 g/mol. The van der Waals surface area contributed by atoms with Crippen LogP contribution in [-0.4, -0.2) is 21.0 Å². The van der Waals surface area contributed by atoms with Crippen LogP contribution in [0.3, 0.4) is 0 Å². The molecule has 1 amide bonds. The molecule has 1 N–H and O–H groups in total. The van der Waals surface area contributed by atoms with Gasteiger partial charge in [0.05, 0.1) is 9.96 Å². The zero-order chi connectivity index (χ0) is 21.8. The van der Waals surface area contributed by atoms with Gasteiger partial charge in [0.25, 0.3) is 11.6 Å². The van der Waals surface area contributed by atoms with Crippen LogP contribution in [0.2, 0.25) is 0 Å². The summed E-state index contributed by atoms with van der Waals surface area (Å²) < 4.78 is 13.0. The summed E-state index contributed by atoms with van der Waals surface area (Å²) in [6, 6.07) is 10.2. The van der Waals surface area contributed by atoms with Crippen molar-refractivity contribution in [3.63, 3.8) is 0 Å². The quantitative estimate of drug-likeness (QED) is 0.387. The standard InChI is InChI=1S/C20H16ClFN4O3S/c1-11(2)15-8-3-12(10-17(15)26(28)29)9-16(21)19-24-25-20(30-19)18(27)23-14-6-4-13(22)5-7-14/h3-11H,1-2H3,(H,23,27)/b16-9-. The number of carbonyl (C=O) groups is 1. The van der Waals surface area contributed by atoms with Gasteiger partial charge in [-0.3, -0.25) is 14.9 Å². The molecule has 3 aromatic rings. The van der Waals surface area contributed by atoms with E-state index in [1.165, 1.54) is 36.4 Å². The molecule has 2 aromatic carbocycles. The van der Waals surface area contributed by atoms with Gasteiger partial charge in [-0.25, -0.2) is 4.39 Å². The number of hydrogen-bond donors (Lipinski definition) is 1. The SMILES string of the molecule is CC(C)c1ccc(/C=C(\Cl)c2nnc(C(=O)Nc3ccc(F)cc3)s2)cc1[N+](=O)[O-]. The molecule has 0 aliphatic carbocycles. The molecule has 0 unspecified atom stereocenters. The lowest BCUT2D eigenvalue weighted by atomic mass is 9.99. The largest absolute Gasteiger partial charge is 0.320 e. The van der Waals surface area contributed by atoms with Gasteiger partial charge < -0.3 is 5.32 Å². The highest BCUT2D eigenvalue weighted by Crippen LogP contribution is 2.30. The minimum absolute atomic E-state index is 0.00393. The summed E-state index contributed by atoms with van der Waals surface area (Å²) >= 11 is 7.26. The number of carbonyl (C=O) groups excluding carboxylic acids is 1. The average Bonchev–Trinajstić information content (AvgIpc) is 3.20. The Morgan fingerprint density at radius 3 is 2.50 bits per heavy atom. The molecule has 0 radical (unpaired) electrons. The van der Waals surface area contributed by atoms with Gasteiger partial charge in [-0.15, -0.1) is 10.2 Å². The van der Waals surface area contributed by atoms with E-state index < -0.39 is 16.6 Å². The summed E-state index contributed by atoms with van der Waals surface area (Å²) in [5.74, 6) is -0.916. The first-order chi connectivity index (χ1) is 14.2. The van der Waals surface area contributed by atoms with Gasteiger partial charge in [-0.2, -0.15) is 0 Å². The molecule has 7 nitrogen and oxygen atoms in total. The van der Waals surface area contributed by atoms with Crippen molar-refractivity contribution in [2.24, 2.45) is 0 Å². The Kier molecular flexibility index (Phi) is 6.53. The van der Waals surface area contributed by atoms with E-state index in [9.17, 15) is 19.3 Å². The normalized spacial score (nSPS) is 11.6. The van der Waals surface area contributed by atoms with Crippen molar-refractivity contribution in [2.75, 3.05) is 5.32 Å². The molecule has 1 aromatic heterocycles. The van der Waals surface area contributed by atoms with E-state index in [-0.39, 0.29) is 26.7 Å². The molecule has 0 saturated heterocycles. The van der Waals surface area contributed by atoms with E-state index in [4.69, 9.17) is 11.6 Å². The van der Waals surface area contributed by atoms with Gasteiger partial charge in [-0.1, -0.05) is 48.9 Å². The molecule has 0 bridgehead atoms. The van der Waals surface area contributed by atoms with Crippen LogP contribution >= 0.6 is 22.9 Å². The second-order valence-corrected chi connectivity index (χ2v) is 7.98. The molecule has 3 rings (SSSR count). The molecule has 0 aliphatic rings. The number of aromatic nitrogens is 2. The number of nitro groups is 1. The molecule has 0 saturated carbocycles. The van der Waals surface area contributed by atoms with Crippen LogP contribution in [0.4, 0.5) is 15.8 Å². The highest BCUT2D eigenvalue weighted by Gasteiger charge is 2.18. The number of nitro benzene ring substituents is 1. The number of benzene rings is 2. The number of hydrogen-bond acceptors (Lipinski definition) is 6. The lowest BCUT2D eigenvalue weighted by molar-refractivity contribution is -0.385. The number of halogens is 2. The van der Waals surface area contributed by atoms with Crippen LogP contribution in [-0.2, 0) is 0 Å². The van der Waals surface area contributed by atoms with Crippen LogP contribution in [0, 0.1) is 15.9 Å². The fourth-order valence-electron chi connectivity index (χ4n) is 2.63. The fourth-order valence-corrected chi connectivity index (χ4v) is 3.56. The van der Waals surface area contributed by atoms with Crippen LogP contribution in [0.15, 0.2) is 42.5 Å². The lowest BCUT2D eigenvalue weighted by Crippen LogP contribution is -2.11. The third kappa shape index (κ3) is 5.05. The van der Waals surface area contributed by atoms with E-state index in [1.54, 1.807) is 12.1 Å². The van der Waals surface area contributed by atoms with Crippen molar-refractivity contribution in [1.29, 1.82) is 0 Å². The summed E-state index contributed by atoms with van der Waals surface area (Å²) in [4.78, 5) is 23.2. The van der Waals surface area contributed by atoms with Crippen LogP contribution < -0.4 is 5.32 Å². The minimum atomic E-state index is -0.508. The smallest absolute Gasteiger partial charge is 0.286 e. The van der Waals surface area contributed by atoms with E-state index in [1.807, 2.05) is 13.8 Å². The summed E-state index contributed by atoms with van der Waals surface area (Å²) in [5.41, 5.74) is 1.59. The maximum absolute atomic E-state index is 13.0. The molecular formula is C20H16ClFN4O3S. The molecule has 0 aliphatic heterocycles. The first kappa shape index (κ1) is 21.5. The third-order valence-corrected chi connectivity index (χ3v) is 5.45. The zero-order valence-electron chi connectivity index (χ0n) is 15.9. The fraction of sp³-hybridized carbons (Fsp3) is 0.150. The molecule has 10 heteroatoms. The first-order valence-corrected chi connectivity index (χ1v) is 10.0. The number of nitrogens with one attached hydrogen (secondary N) is 1. The topological polar surface area (TPSA) is 98.0 Å². The van der Waals surface area contributed by atoms with E-state index in [0.717, 1.165) is 11.3 Å². The Labute approximate surface area is 180 Å². The summed E-state index contributed by atoms with van der Waals surface area (Å²) in [7, 11) is 0. The van der Waals surface area contributed by atoms with E-state index in [0.29, 0.717) is 16.8 Å². The lowest BCUT2D eigenvalue weighted by Gasteiger charge is -2.07. The van der Waals surface area contributed by atoms with Gasteiger partial charge in [0, 0.05) is 17.3 Å². The molecule has 1 heterocycles. The van der Waals surface area contributed by atoms with E-state index in [2.05, 4.69) is 15.5 Å². The van der Waals surface area contributed by atoms with E-state index >= 15 is 0 Å². The van der Waals surface area contributed by atoms with Gasteiger partial charge >= 0.3 is 0 Å². The summed E-state index contributed by atoms with van der Waals surface area (Å²) in [6.45, 7) is 3.76. The highest BCUT2D eigenvalue weighted by atomic mass is 35.5. The Balaban J connectivity index is 1.80. The highest BCUT2D eigenvalue weighted by molar-refractivity contribution is 7.15. The second kappa shape index (κ2) is 9.10. The van der Waals surface area contributed by atoms with Crippen molar-refractivity contribution in [3.8, 4) is 0 Å². The Hall–Kier alpha value is -3.17. The second-order valence-electron chi connectivity index (χ2n) is 6.60. The molecule has 0 spiro atoms. The number of amides is 1. The molecule has 0 fully saturated rings. The number of anilines is 1. The zero-order valence-corrected chi connectivity index (χ0v) is 17.5. The third-order valence-electron chi connectivity index (χ3n) is 4.09. The van der Waals surface area contributed by atoms with Gasteiger partial charge in [-0.05, 0) is 41.8 Å². The molecule has 30 heavy (non-hydrogen) atoms. The van der Waals surface area contributed by atoms with Gasteiger partial charge in [0.1, 0.15) is 5.82 Å². The minimum Gasteiger partial charge on any atom is -0.320 e. The Morgan fingerprint density at radius 2 is 1.87 bits per heavy atom. The van der Waals surface area contributed by atoms with Crippen LogP contribution in [0.1, 0.15) is 45.7 Å². The van der Waals surface area contributed by atoms with Crippen LogP contribution in [0.5, 0.6) is 0 Å². The predicted octanol–water partition coefficient (Wildman–Crippen LogP) is 5.70. The van der Waals surface area contributed by atoms with Crippen LogP contribution in [0.25, 0.3) is 11.1 Å². The Morgan fingerprint density at radius 1 is 1.20 bits per heavy atom. The predicted molar refractivity (Wildman–Crippen MR) is 115 cm³/mol. The Bertz CT molecular complexity index is 1130. The van der Waals surface area contributed by atoms with Crippen molar-refractivity contribution < 1.29 is 14.1 Å². The van der Waals surface area contributed by atoms with Gasteiger partial charge in [0.15, 0.2) is 5.01 Å². The average molecular weight is 447 g/mol. The molecule has 154 valence electrons.